The summed E-state index contributed by atoms with van der Waals surface area (Å²) in [5.74, 6) is -0.412. The molecule has 28 heavy (non-hydrogen) atoms. The number of nitrogens with zero attached hydrogens (tertiary/aromatic N) is 1. The molecule has 2 rings (SSSR count). The van der Waals surface area contributed by atoms with Gasteiger partial charge in [0.05, 0.1) is 12.3 Å². The topological polar surface area (TPSA) is 70.6 Å². The highest BCUT2D eigenvalue weighted by Crippen LogP contribution is 2.14. The first-order valence-electron chi connectivity index (χ1n) is 9.04. The molecule has 0 aliphatic heterocycles. The Bertz CT molecular complexity index is 889. The molecule has 5 nitrogen and oxygen atoms in total. The van der Waals surface area contributed by atoms with E-state index in [1.807, 2.05) is 25.1 Å². The Hall–Kier alpha value is -1.68. The van der Waals surface area contributed by atoms with Crippen molar-refractivity contribution in [3.05, 3.63) is 65.5 Å². The Morgan fingerprint density at radius 2 is 1.64 bits per heavy atom. The van der Waals surface area contributed by atoms with Gasteiger partial charge in [-0.1, -0.05) is 43.3 Å². The Kier molecular flexibility index (Phi) is 10.4. The largest absolute Gasteiger partial charge is 0.357 e. The number of benzene rings is 2. The van der Waals surface area contributed by atoms with Gasteiger partial charge in [-0.3, -0.25) is 0 Å². The zero-order valence-corrected chi connectivity index (χ0v) is 19.3. The van der Waals surface area contributed by atoms with Crippen LogP contribution >= 0.6 is 24.0 Å². The lowest BCUT2D eigenvalue weighted by molar-refractivity contribution is 0.566. The van der Waals surface area contributed by atoms with E-state index in [2.05, 4.69) is 28.6 Å². The van der Waals surface area contributed by atoms with Crippen molar-refractivity contribution in [2.45, 2.75) is 31.7 Å². The highest BCUT2D eigenvalue weighted by atomic mass is 127. The molecule has 154 valence electrons. The van der Waals surface area contributed by atoms with Crippen LogP contribution in [-0.2, 0) is 22.8 Å². The molecule has 0 saturated heterocycles. The minimum absolute atomic E-state index is 0. The van der Waals surface area contributed by atoms with Gasteiger partial charge in [-0.15, -0.1) is 24.0 Å². The van der Waals surface area contributed by atoms with E-state index in [9.17, 15) is 12.8 Å². The zero-order chi connectivity index (χ0) is 19.7. The van der Waals surface area contributed by atoms with Gasteiger partial charge < -0.3 is 10.6 Å². The van der Waals surface area contributed by atoms with E-state index in [0.29, 0.717) is 19.0 Å². The number of aryl methyl sites for hydroxylation is 1. The number of hydrogen-bond donors (Lipinski definition) is 2. The molecule has 0 aromatic heterocycles. The maximum atomic E-state index is 13.7. The second-order valence-corrected chi connectivity index (χ2v) is 8.07. The summed E-state index contributed by atoms with van der Waals surface area (Å²) in [6.45, 7) is 5.32. The fourth-order valence-electron chi connectivity index (χ4n) is 2.67. The van der Waals surface area contributed by atoms with Crippen molar-refractivity contribution in [2.24, 2.45) is 4.99 Å². The third kappa shape index (κ3) is 7.05. The van der Waals surface area contributed by atoms with Crippen molar-refractivity contribution < 1.29 is 12.8 Å². The monoisotopic (exact) mass is 519 g/mol. The highest BCUT2D eigenvalue weighted by Gasteiger charge is 2.18. The van der Waals surface area contributed by atoms with Gasteiger partial charge in [-0.25, -0.2) is 17.8 Å². The first-order chi connectivity index (χ1) is 13.0. The highest BCUT2D eigenvalue weighted by molar-refractivity contribution is 14.0. The second-order valence-electron chi connectivity index (χ2n) is 5.99. The van der Waals surface area contributed by atoms with Crippen molar-refractivity contribution in [3.63, 3.8) is 0 Å². The van der Waals surface area contributed by atoms with Gasteiger partial charge in [-0.2, -0.15) is 0 Å². The lowest BCUT2D eigenvalue weighted by atomic mass is 10.1. The van der Waals surface area contributed by atoms with Crippen LogP contribution in [0, 0.1) is 5.82 Å². The molecule has 0 unspecified atom stereocenters. The number of hydrogen-bond acceptors (Lipinski definition) is 3. The average Bonchev–Trinajstić information content (AvgIpc) is 2.66. The molecular weight excluding hydrogens is 492 g/mol. The van der Waals surface area contributed by atoms with Gasteiger partial charge in [0.2, 0.25) is 0 Å². The number of halogens is 2. The molecule has 8 heteroatoms. The van der Waals surface area contributed by atoms with Crippen LogP contribution < -0.4 is 10.6 Å². The van der Waals surface area contributed by atoms with Crippen LogP contribution in [0.25, 0.3) is 0 Å². The molecule has 0 bridgehead atoms. The van der Waals surface area contributed by atoms with Crippen LogP contribution in [0.5, 0.6) is 0 Å². The zero-order valence-electron chi connectivity index (χ0n) is 16.1. The second kappa shape index (κ2) is 12.0. The van der Waals surface area contributed by atoms with Crippen molar-refractivity contribution in [1.29, 1.82) is 0 Å². The number of guanidine groups is 1. The summed E-state index contributed by atoms with van der Waals surface area (Å²) in [7, 11) is -3.70. The van der Waals surface area contributed by atoms with E-state index in [1.165, 1.54) is 23.8 Å². The molecule has 0 atom stereocenters. The maximum absolute atomic E-state index is 13.7. The fourth-order valence-corrected chi connectivity index (χ4v) is 3.92. The van der Waals surface area contributed by atoms with Gasteiger partial charge in [0, 0.05) is 13.1 Å². The van der Waals surface area contributed by atoms with E-state index in [4.69, 9.17) is 0 Å². The molecule has 0 aliphatic carbocycles. The van der Waals surface area contributed by atoms with Crippen molar-refractivity contribution in [2.75, 3.05) is 18.8 Å². The standard InChI is InChI=1S/C20H26FN3O2S.HI/c1-3-16-9-5-6-10-17(16)15-24-20(22-4-2)23-13-14-27(25,26)19-12-8-7-11-18(19)21;/h5-12H,3-4,13-15H2,1-2H3,(H2,22,23,24);1H. The summed E-state index contributed by atoms with van der Waals surface area (Å²) in [6.07, 6.45) is 0.927. The Labute approximate surface area is 183 Å². The van der Waals surface area contributed by atoms with Crippen molar-refractivity contribution in [3.8, 4) is 0 Å². The lowest BCUT2D eigenvalue weighted by Gasteiger charge is -2.12. The fraction of sp³-hybridized carbons (Fsp3) is 0.350. The smallest absolute Gasteiger partial charge is 0.191 e. The van der Waals surface area contributed by atoms with Crippen LogP contribution in [0.2, 0.25) is 0 Å². The minimum atomic E-state index is -3.70. The van der Waals surface area contributed by atoms with Gasteiger partial charge in [0.25, 0.3) is 0 Å². The van der Waals surface area contributed by atoms with Crippen LogP contribution in [0.4, 0.5) is 4.39 Å². The molecule has 0 radical (unpaired) electrons. The van der Waals surface area contributed by atoms with Crippen LogP contribution in [0.3, 0.4) is 0 Å². The Morgan fingerprint density at radius 1 is 1.00 bits per heavy atom. The third-order valence-electron chi connectivity index (χ3n) is 4.09. The van der Waals surface area contributed by atoms with Gasteiger partial charge in [0.15, 0.2) is 15.8 Å². The average molecular weight is 519 g/mol. The molecular formula is C20H27FIN3O2S. The van der Waals surface area contributed by atoms with E-state index in [-0.39, 0.29) is 41.2 Å². The van der Waals surface area contributed by atoms with Crippen LogP contribution in [0.1, 0.15) is 25.0 Å². The SMILES string of the molecule is CCNC(=NCc1ccccc1CC)NCCS(=O)(=O)c1ccccc1F.I. The van der Waals surface area contributed by atoms with Gasteiger partial charge in [-0.05, 0) is 36.6 Å². The molecule has 0 amide bonds. The number of nitrogens with one attached hydrogen (secondary N) is 2. The first kappa shape index (κ1) is 24.4. The molecule has 0 spiro atoms. The van der Waals surface area contributed by atoms with E-state index in [0.717, 1.165) is 18.1 Å². The molecule has 2 aromatic rings. The normalized spacial score (nSPS) is 11.6. The predicted octanol–water partition coefficient (Wildman–Crippen LogP) is 3.54. The first-order valence-corrected chi connectivity index (χ1v) is 10.7. The van der Waals surface area contributed by atoms with Crippen LogP contribution in [0.15, 0.2) is 58.4 Å². The molecule has 2 N–H and O–H groups in total. The maximum Gasteiger partial charge on any atom is 0.191 e. The quantitative estimate of drug-likeness (QED) is 0.318. The molecule has 2 aromatic carbocycles. The summed E-state index contributed by atoms with van der Waals surface area (Å²) in [4.78, 5) is 4.26. The summed E-state index contributed by atoms with van der Waals surface area (Å²) >= 11 is 0. The third-order valence-corrected chi connectivity index (χ3v) is 5.83. The van der Waals surface area contributed by atoms with E-state index < -0.39 is 15.7 Å². The number of sulfone groups is 1. The van der Waals surface area contributed by atoms with Gasteiger partial charge >= 0.3 is 0 Å². The van der Waals surface area contributed by atoms with Crippen molar-refractivity contribution in [1.82, 2.24) is 10.6 Å². The van der Waals surface area contributed by atoms with Crippen molar-refractivity contribution >= 4 is 39.8 Å². The van der Waals surface area contributed by atoms with Gasteiger partial charge in [0.1, 0.15) is 10.7 Å². The summed E-state index contributed by atoms with van der Waals surface area (Å²) in [5, 5.41) is 6.11. The molecule has 0 aliphatic rings. The summed E-state index contributed by atoms with van der Waals surface area (Å²) < 4.78 is 38.4. The Morgan fingerprint density at radius 3 is 2.29 bits per heavy atom. The lowest BCUT2D eigenvalue weighted by Crippen LogP contribution is -2.39. The van der Waals surface area contributed by atoms with E-state index >= 15 is 0 Å². The molecule has 0 saturated carbocycles. The minimum Gasteiger partial charge on any atom is -0.357 e. The summed E-state index contributed by atoms with van der Waals surface area (Å²) in [5.41, 5.74) is 2.37. The predicted molar refractivity (Wildman–Crippen MR) is 123 cm³/mol. The molecule has 0 fully saturated rings. The number of rotatable bonds is 8. The Balaban J connectivity index is 0.00000392. The summed E-state index contributed by atoms with van der Waals surface area (Å²) in [6, 6.07) is 13.5. The molecule has 0 heterocycles. The van der Waals surface area contributed by atoms with Crippen LogP contribution in [-0.4, -0.2) is 33.2 Å². The number of aliphatic imine (C=N–C) groups is 1. The van der Waals surface area contributed by atoms with E-state index in [1.54, 1.807) is 0 Å².